The Hall–Kier alpha value is 0.534. The van der Waals surface area contributed by atoms with Gasteiger partial charge in [-0.05, 0) is 19.8 Å². The minimum absolute atomic E-state index is 0. The Morgan fingerprint density at radius 3 is 2.25 bits per heavy atom. The average Bonchev–Trinajstić information content (AvgIpc) is 2.74. The molecular weight excluding hydrogens is 231 g/mol. The first-order valence-electron chi connectivity index (χ1n) is 4.20. The molecule has 0 aromatic carbocycles. The van der Waals surface area contributed by atoms with Gasteiger partial charge >= 0.3 is 0 Å². The van der Waals surface area contributed by atoms with Gasteiger partial charge in [0.25, 0.3) is 5.91 Å². The molecule has 1 aliphatic carbocycles. The SMILES string of the molecule is CC.CCNC(=O)C1(O)CC1.[HH].[Y]. The van der Waals surface area contributed by atoms with Crippen molar-refractivity contribution in [3.8, 4) is 0 Å². The van der Waals surface area contributed by atoms with Crippen molar-refractivity contribution in [1.82, 2.24) is 5.32 Å². The molecule has 0 spiro atoms. The fourth-order valence-corrected chi connectivity index (χ4v) is 0.671. The molecule has 0 bridgehead atoms. The van der Waals surface area contributed by atoms with Crippen molar-refractivity contribution in [3.63, 3.8) is 0 Å². The van der Waals surface area contributed by atoms with Gasteiger partial charge < -0.3 is 10.4 Å². The van der Waals surface area contributed by atoms with E-state index in [1.54, 1.807) is 0 Å². The number of carbonyl (C=O) groups is 1. The molecule has 0 atom stereocenters. The van der Waals surface area contributed by atoms with Crippen LogP contribution in [0.15, 0.2) is 0 Å². The molecule has 0 saturated heterocycles. The molecule has 0 aromatic rings. The Bertz CT molecular complexity index is 140. The van der Waals surface area contributed by atoms with E-state index in [9.17, 15) is 4.79 Å². The zero-order valence-electron chi connectivity index (χ0n) is 8.05. The van der Waals surface area contributed by atoms with E-state index < -0.39 is 5.60 Å². The van der Waals surface area contributed by atoms with Crippen molar-refractivity contribution in [3.05, 3.63) is 0 Å². The number of likely N-dealkylation sites (N-methyl/N-ethyl adjacent to an activating group) is 1. The molecule has 0 heterocycles. The summed E-state index contributed by atoms with van der Waals surface area (Å²) in [6, 6.07) is 0. The normalized spacial score (nSPS) is 16.3. The third kappa shape index (κ3) is 4.53. The van der Waals surface area contributed by atoms with Crippen LogP contribution in [0, 0.1) is 0 Å². The first-order valence-corrected chi connectivity index (χ1v) is 4.20. The number of carbonyl (C=O) groups excluding carboxylic acids is 1. The summed E-state index contributed by atoms with van der Waals surface area (Å²) in [5, 5.41) is 11.7. The number of hydrogen-bond donors (Lipinski definition) is 2. The smallest absolute Gasteiger partial charge is 0.251 e. The first-order chi connectivity index (χ1) is 5.19. The molecular formula is C8H19NO2Y. The maximum Gasteiger partial charge on any atom is 0.251 e. The standard InChI is InChI=1S/C6H11NO2.C2H6.Y.H2/c1-2-7-5(8)6(9)3-4-6;1-2;;/h9H,2-4H2,1H3,(H,7,8);1-2H3;;1H. The van der Waals surface area contributed by atoms with E-state index in [1.165, 1.54) is 0 Å². The monoisotopic (exact) mass is 250 g/mol. The van der Waals surface area contributed by atoms with Crippen LogP contribution in [0.5, 0.6) is 0 Å². The molecule has 1 radical (unpaired) electrons. The van der Waals surface area contributed by atoms with Crippen LogP contribution in [0.3, 0.4) is 0 Å². The van der Waals surface area contributed by atoms with Gasteiger partial charge in [-0.3, -0.25) is 4.79 Å². The van der Waals surface area contributed by atoms with Crippen molar-refractivity contribution >= 4 is 5.91 Å². The van der Waals surface area contributed by atoms with Crippen molar-refractivity contribution in [1.29, 1.82) is 0 Å². The molecule has 0 aliphatic heterocycles. The maximum absolute atomic E-state index is 10.8. The molecule has 1 amide bonds. The average molecular weight is 250 g/mol. The van der Waals surface area contributed by atoms with Crippen LogP contribution in [0.4, 0.5) is 0 Å². The van der Waals surface area contributed by atoms with E-state index in [0.717, 1.165) is 0 Å². The Morgan fingerprint density at radius 1 is 1.58 bits per heavy atom. The van der Waals surface area contributed by atoms with Crippen LogP contribution >= 0.6 is 0 Å². The minimum Gasteiger partial charge on any atom is -0.380 e. The van der Waals surface area contributed by atoms with Gasteiger partial charge in [0.05, 0.1) is 0 Å². The predicted octanol–water partition coefficient (Wildman–Crippen LogP) is 0.917. The minimum atomic E-state index is -0.990. The van der Waals surface area contributed by atoms with Crippen LogP contribution < -0.4 is 5.32 Å². The van der Waals surface area contributed by atoms with Crippen LogP contribution in [-0.4, -0.2) is 23.2 Å². The Labute approximate surface area is 101 Å². The summed E-state index contributed by atoms with van der Waals surface area (Å²) >= 11 is 0. The fourth-order valence-electron chi connectivity index (χ4n) is 0.671. The second kappa shape index (κ2) is 6.99. The zero-order chi connectivity index (χ0) is 8.91. The summed E-state index contributed by atoms with van der Waals surface area (Å²) in [7, 11) is 0. The van der Waals surface area contributed by atoms with Crippen LogP contribution in [0.25, 0.3) is 0 Å². The van der Waals surface area contributed by atoms with Gasteiger partial charge in [0.2, 0.25) is 0 Å². The third-order valence-corrected chi connectivity index (χ3v) is 1.48. The van der Waals surface area contributed by atoms with E-state index >= 15 is 0 Å². The maximum atomic E-state index is 10.8. The topological polar surface area (TPSA) is 49.3 Å². The van der Waals surface area contributed by atoms with Gasteiger partial charge in [-0.15, -0.1) is 0 Å². The summed E-state index contributed by atoms with van der Waals surface area (Å²) in [6.45, 7) is 6.44. The summed E-state index contributed by atoms with van der Waals surface area (Å²) in [5.74, 6) is -0.218. The third-order valence-electron chi connectivity index (χ3n) is 1.48. The zero-order valence-corrected chi connectivity index (χ0v) is 10.9. The molecule has 3 nitrogen and oxygen atoms in total. The number of rotatable bonds is 2. The second-order valence-electron chi connectivity index (χ2n) is 2.39. The van der Waals surface area contributed by atoms with E-state index in [1.807, 2.05) is 20.8 Å². The molecule has 1 saturated carbocycles. The van der Waals surface area contributed by atoms with Gasteiger partial charge in [-0.1, -0.05) is 13.8 Å². The quantitative estimate of drug-likeness (QED) is 0.765. The van der Waals surface area contributed by atoms with Gasteiger partial charge in [-0.2, -0.15) is 0 Å². The summed E-state index contributed by atoms with van der Waals surface area (Å²) < 4.78 is 0. The van der Waals surface area contributed by atoms with E-state index in [0.29, 0.717) is 19.4 Å². The van der Waals surface area contributed by atoms with Crippen LogP contribution in [-0.2, 0) is 37.5 Å². The number of aliphatic hydroxyl groups is 1. The molecule has 12 heavy (non-hydrogen) atoms. The van der Waals surface area contributed by atoms with Gasteiger partial charge in [-0.25, -0.2) is 0 Å². The van der Waals surface area contributed by atoms with Gasteiger partial charge in [0.15, 0.2) is 0 Å². The molecule has 4 heteroatoms. The summed E-state index contributed by atoms with van der Waals surface area (Å²) in [6.07, 6.45) is 1.25. The van der Waals surface area contributed by atoms with Crippen molar-refractivity contribution in [2.24, 2.45) is 0 Å². The van der Waals surface area contributed by atoms with E-state index in [2.05, 4.69) is 5.32 Å². The van der Waals surface area contributed by atoms with Crippen molar-refractivity contribution in [2.75, 3.05) is 6.54 Å². The van der Waals surface area contributed by atoms with Crippen molar-refractivity contribution in [2.45, 2.75) is 39.2 Å². The molecule has 2 N–H and O–H groups in total. The number of hydrogen-bond acceptors (Lipinski definition) is 2. The predicted molar refractivity (Wildman–Crippen MR) is 46.3 cm³/mol. The number of amides is 1. The summed E-state index contributed by atoms with van der Waals surface area (Å²) in [5.41, 5.74) is -0.990. The molecule has 71 valence electrons. The molecule has 0 unspecified atom stereocenters. The van der Waals surface area contributed by atoms with Crippen LogP contribution in [0.1, 0.15) is 35.0 Å². The van der Waals surface area contributed by atoms with E-state index in [4.69, 9.17) is 5.11 Å². The second-order valence-corrected chi connectivity index (χ2v) is 2.39. The Morgan fingerprint density at radius 2 is 2.00 bits per heavy atom. The Kier molecular flexibility index (Phi) is 8.75. The largest absolute Gasteiger partial charge is 0.380 e. The van der Waals surface area contributed by atoms with Crippen molar-refractivity contribution < 1.29 is 44.0 Å². The van der Waals surface area contributed by atoms with Crippen LogP contribution in [0.2, 0.25) is 0 Å². The Balaban J connectivity index is -0.000000234. The fraction of sp³-hybridized carbons (Fsp3) is 0.875. The first kappa shape index (κ1) is 15.0. The van der Waals surface area contributed by atoms with Gasteiger partial charge in [0, 0.05) is 40.7 Å². The molecule has 0 aromatic heterocycles. The van der Waals surface area contributed by atoms with Gasteiger partial charge in [0.1, 0.15) is 5.60 Å². The molecule has 1 rings (SSSR count). The summed E-state index contributed by atoms with van der Waals surface area (Å²) in [4.78, 5) is 10.8. The van der Waals surface area contributed by atoms with E-state index in [-0.39, 0.29) is 40.0 Å². The molecule has 1 fully saturated rings. The molecule has 1 aliphatic rings. The number of nitrogens with one attached hydrogen (secondary N) is 1.